The largest absolute Gasteiger partial charge is 0.483 e. The van der Waals surface area contributed by atoms with Crippen LogP contribution in [0.15, 0.2) is 12.3 Å². The standard InChI is InChI=1S/C7H11NOS/c1-6(2)5-9-7-3-4-8-10-7/h3-4,6H,5H2,1-2H3. The third kappa shape index (κ3) is 2.35. The lowest BCUT2D eigenvalue weighted by Crippen LogP contribution is -2.02. The van der Waals surface area contributed by atoms with Crippen molar-refractivity contribution >= 4 is 11.5 Å². The summed E-state index contributed by atoms with van der Waals surface area (Å²) in [6.07, 6.45) is 1.75. The maximum Gasteiger partial charge on any atom is 0.193 e. The number of nitrogens with zero attached hydrogens (tertiary/aromatic N) is 1. The fraction of sp³-hybridized carbons (Fsp3) is 0.571. The average Bonchev–Trinajstić information content (AvgIpc) is 2.34. The first kappa shape index (κ1) is 7.54. The Labute approximate surface area is 65.0 Å². The molecule has 0 amide bonds. The molecular formula is C7H11NOS. The van der Waals surface area contributed by atoms with E-state index >= 15 is 0 Å². The zero-order chi connectivity index (χ0) is 7.40. The van der Waals surface area contributed by atoms with Crippen LogP contribution < -0.4 is 4.74 Å². The van der Waals surface area contributed by atoms with Gasteiger partial charge in [-0.05, 0) is 5.92 Å². The Bertz CT molecular complexity index is 172. The highest BCUT2D eigenvalue weighted by Gasteiger charge is 1.96. The number of ether oxygens (including phenoxy) is 1. The number of aromatic nitrogens is 1. The van der Waals surface area contributed by atoms with Crippen LogP contribution in [-0.4, -0.2) is 11.0 Å². The summed E-state index contributed by atoms with van der Waals surface area (Å²) in [6.45, 7) is 5.03. The van der Waals surface area contributed by atoms with Crippen LogP contribution in [0.2, 0.25) is 0 Å². The molecule has 0 unspecified atom stereocenters. The zero-order valence-electron chi connectivity index (χ0n) is 6.20. The van der Waals surface area contributed by atoms with Crippen molar-refractivity contribution < 1.29 is 4.74 Å². The molecule has 0 aliphatic rings. The van der Waals surface area contributed by atoms with Crippen LogP contribution in [0.3, 0.4) is 0 Å². The van der Waals surface area contributed by atoms with Crippen LogP contribution in [0.5, 0.6) is 5.06 Å². The first-order valence-electron chi connectivity index (χ1n) is 3.32. The van der Waals surface area contributed by atoms with Gasteiger partial charge in [-0.1, -0.05) is 13.8 Å². The third-order valence-electron chi connectivity index (χ3n) is 0.973. The van der Waals surface area contributed by atoms with Crippen molar-refractivity contribution in [2.45, 2.75) is 13.8 Å². The van der Waals surface area contributed by atoms with Crippen molar-refractivity contribution in [2.75, 3.05) is 6.61 Å². The SMILES string of the molecule is CC(C)COc1ccns1. The van der Waals surface area contributed by atoms with Crippen LogP contribution in [0, 0.1) is 5.92 Å². The van der Waals surface area contributed by atoms with Crippen LogP contribution in [0.1, 0.15) is 13.8 Å². The molecule has 1 heterocycles. The summed E-state index contributed by atoms with van der Waals surface area (Å²) in [6, 6.07) is 1.88. The van der Waals surface area contributed by atoms with E-state index in [2.05, 4.69) is 18.2 Å². The molecule has 1 aromatic rings. The lowest BCUT2D eigenvalue weighted by Gasteiger charge is -2.03. The maximum absolute atomic E-state index is 5.36. The normalized spacial score (nSPS) is 10.3. The van der Waals surface area contributed by atoms with Crippen LogP contribution in [0.4, 0.5) is 0 Å². The third-order valence-corrected chi connectivity index (χ3v) is 1.63. The molecule has 0 aliphatic carbocycles. The molecule has 0 spiro atoms. The quantitative estimate of drug-likeness (QED) is 0.671. The van der Waals surface area contributed by atoms with Gasteiger partial charge in [-0.3, -0.25) is 0 Å². The Morgan fingerprint density at radius 1 is 1.70 bits per heavy atom. The molecule has 1 rings (SSSR count). The van der Waals surface area contributed by atoms with Crippen LogP contribution >= 0.6 is 11.5 Å². The van der Waals surface area contributed by atoms with Gasteiger partial charge in [0.2, 0.25) is 0 Å². The lowest BCUT2D eigenvalue weighted by molar-refractivity contribution is 0.278. The zero-order valence-corrected chi connectivity index (χ0v) is 7.02. The van der Waals surface area contributed by atoms with Gasteiger partial charge in [-0.2, -0.15) is 4.37 Å². The number of rotatable bonds is 3. The van der Waals surface area contributed by atoms with Crippen molar-refractivity contribution in [3.05, 3.63) is 12.3 Å². The predicted octanol–water partition coefficient (Wildman–Crippen LogP) is 2.18. The molecule has 56 valence electrons. The Morgan fingerprint density at radius 3 is 3.00 bits per heavy atom. The summed E-state index contributed by atoms with van der Waals surface area (Å²) in [5.41, 5.74) is 0. The van der Waals surface area contributed by atoms with E-state index < -0.39 is 0 Å². The molecule has 0 saturated heterocycles. The molecule has 0 aromatic carbocycles. The summed E-state index contributed by atoms with van der Waals surface area (Å²) < 4.78 is 9.28. The second kappa shape index (κ2) is 3.56. The van der Waals surface area contributed by atoms with Gasteiger partial charge in [0.15, 0.2) is 5.06 Å². The first-order valence-corrected chi connectivity index (χ1v) is 4.10. The highest BCUT2D eigenvalue weighted by atomic mass is 32.1. The summed E-state index contributed by atoms with van der Waals surface area (Å²) in [5, 5.41) is 0.911. The minimum absolute atomic E-state index is 0.585. The fourth-order valence-electron chi connectivity index (χ4n) is 0.527. The Balaban J connectivity index is 2.28. The Hall–Kier alpha value is -0.570. The molecule has 0 aliphatic heterocycles. The average molecular weight is 157 g/mol. The van der Waals surface area contributed by atoms with Gasteiger partial charge >= 0.3 is 0 Å². The van der Waals surface area contributed by atoms with Crippen molar-refractivity contribution in [2.24, 2.45) is 5.92 Å². The van der Waals surface area contributed by atoms with E-state index in [0.29, 0.717) is 5.92 Å². The summed E-state index contributed by atoms with van der Waals surface area (Å²) in [4.78, 5) is 0. The number of hydrogen-bond donors (Lipinski definition) is 0. The van der Waals surface area contributed by atoms with Crippen LogP contribution in [0.25, 0.3) is 0 Å². The van der Waals surface area contributed by atoms with Gasteiger partial charge < -0.3 is 4.74 Å². The van der Waals surface area contributed by atoms with Crippen molar-refractivity contribution in [3.63, 3.8) is 0 Å². The van der Waals surface area contributed by atoms with Gasteiger partial charge in [0, 0.05) is 23.8 Å². The van der Waals surface area contributed by atoms with Gasteiger partial charge in [0.25, 0.3) is 0 Å². The van der Waals surface area contributed by atoms with E-state index in [9.17, 15) is 0 Å². The highest BCUT2D eigenvalue weighted by Crippen LogP contribution is 2.15. The molecule has 0 fully saturated rings. The Morgan fingerprint density at radius 2 is 2.50 bits per heavy atom. The van der Waals surface area contributed by atoms with E-state index in [0.717, 1.165) is 11.7 Å². The first-order chi connectivity index (χ1) is 4.79. The molecule has 0 atom stereocenters. The monoisotopic (exact) mass is 157 g/mol. The molecule has 0 N–H and O–H groups in total. The van der Waals surface area contributed by atoms with Crippen molar-refractivity contribution in [1.29, 1.82) is 0 Å². The molecule has 0 saturated carbocycles. The van der Waals surface area contributed by atoms with E-state index in [1.807, 2.05) is 6.07 Å². The maximum atomic E-state index is 5.36. The smallest absolute Gasteiger partial charge is 0.193 e. The minimum Gasteiger partial charge on any atom is -0.483 e. The molecule has 1 aromatic heterocycles. The summed E-state index contributed by atoms with van der Waals surface area (Å²) >= 11 is 1.39. The van der Waals surface area contributed by atoms with E-state index in [4.69, 9.17) is 4.74 Å². The second-order valence-corrected chi connectivity index (χ2v) is 3.33. The van der Waals surface area contributed by atoms with Crippen molar-refractivity contribution in [1.82, 2.24) is 4.37 Å². The summed E-state index contributed by atoms with van der Waals surface area (Å²) in [5.74, 6) is 0.585. The minimum atomic E-state index is 0.585. The fourth-order valence-corrected chi connectivity index (χ4v) is 0.995. The second-order valence-electron chi connectivity index (χ2n) is 2.54. The molecule has 10 heavy (non-hydrogen) atoms. The molecule has 0 bridgehead atoms. The molecular weight excluding hydrogens is 146 g/mol. The van der Waals surface area contributed by atoms with E-state index in [1.54, 1.807) is 6.20 Å². The predicted molar refractivity (Wildman–Crippen MR) is 42.4 cm³/mol. The van der Waals surface area contributed by atoms with Crippen LogP contribution in [-0.2, 0) is 0 Å². The molecule has 0 radical (unpaired) electrons. The van der Waals surface area contributed by atoms with Gasteiger partial charge in [0.1, 0.15) is 0 Å². The van der Waals surface area contributed by atoms with Gasteiger partial charge in [0.05, 0.1) is 6.61 Å². The summed E-state index contributed by atoms with van der Waals surface area (Å²) in [7, 11) is 0. The van der Waals surface area contributed by atoms with Gasteiger partial charge in [-0.25, -0.2) is 0 Å². The lowest BCUT2D eigenvalue weighted by atomic mass is 10.2. The van der Waals surface area contributed by atoms with Crippen molar-refractivity contribution in [3.8, 4) is 5.06 Å². The molecule has 2 nitrogen and oxygen atoms in total. The van der Waals surface area contributed by atoms with E-state index in [-0.39, 0.29) is 0 Å². The molecule has 3 heteroatoms. The highest BCUT2D eigenvalue weighted by molar-refractivity contribution is 7.07. The van der Waals surface area contributed by atoms with E-state index in [1.165, 1.54) is 11.5 Å². The topological polar surface area (TPSA) is 22.1 Å². The Kier molecular flexibility index (Phi) is 2.68. The van der Waals surface area contributed by atoms with Gasteiger partial charge in [-0.15, -0.1) is 0 Å². The number of hydrogen-bond acceptors (Lipinski definition) is 3.